The summed E-state index contributed by atoms with van der Waals surface area (Å²) in [5.74, 6) is 1.16. The quantitative estimate of drug-likeness (QED) is 0.317. The fourth-order valence-electron chi connectivity index (χ4n) is 3.18. The lowest BCUT2D eigenvalue weighted by Gasteiger charge is -2.15. The van der Waals surface area contributed by atoms with E-state index in [1.807, 2.05) is 103 Å². The minimum Gasteiger partial charge on any atom is -0.490 e. The number of hydrogen-bond donors (Lipinski definition) is 2. The van der Waals surface area contributed by atoms with Crippen LogP contribution in [0.2, 0.25) is 0 Å². The first kappa shape index (κ1) is 21.0. The van der Waals surface area contributed by atoms with Gasteiger partial charge in [-0.25, -0.2) is 0 Å². The van der Waals surface area contributed by atoms with Crippen LogP contribution in [0.5, 0.6) is 11.5 Å². The summed E-state index contributed by atoms with van der Waals surface area (Å²) in [5.41, 5.74) is 2.78. The summed E-state index contributed by atoms with van der Waals surface area (Å²) in [5, 5.41) is 6.27. The van der Waals surface area contributed by atoms with E-state index in [1.165, 1.54) is 0 Å². The highest BCUT2D eigenvalue weighted by Gasteiger charge is 2.14. The van der Waals surface area contributed by atoms with Crippen molar-refractivity contribution >= 4 is 23.0 Å². The Hall–Kier alpha value is -4.25. The van der Waals surface area contributed by atoms with Gasteiger partial charge in [-0.2, -0.15) is 0 Å². The lowest BCUT2D eigenvalue weighted by Crippen LogP contribution is -2.15. The molecule has 0 bridgehead atoms. The number of rotatable bonds is 9. The lowest BCUT2D eigenvalue weighted by atomic mass is 10.1. The van der Waals surface area contributed by atoms with Crippen LogP contribution in [0.25, 0.3) is 0 Å². The molecule has 0 heterocycles. The molecule has 0 fully saturated rings. The SMILES string of the molecule is O=C(Nc1ccccc1OCCOc1ccccc1)c1ccccc1Nc1ccccc1. The first-order chi connectivity index (χ1) is 15.8. The van der Waals surface area contributed by atoms with Crippen molar-refractivity contribution < 1.29 is 14.3 Å². The number of nitrogens with one attached hydrogen (secondary N) is 2. The second-order valence-electron chi connectivity index (χ2n) is 7.00. The Morgan fingerprint density at radius 1 is 0.625 bits per heavy atom. The van der Waals surface area contributed by atoms with Gasteiger partial charge in [0, 0.05) is 5.69 Å². The third-order valence-electron chi connectivity index (χ3n) is 4.71. The van der Waals surface area contributed by atoms with Crippen molar-refractivity contribution in [2.24, 2.45) is 0 Å². The zero-order chi connectivity index (χ0) is 22.0. The molecular formula is C27H24N2O3. The lowest BCUT2D eigenvalue weighted by molar-refractivity contribution is 0.102. The smallest absolute Gasteiger partial charge is 0.257 e. The van der Waals surface area contributed by atoms with Crippen molar-refractivity contribution in [3.05, 3.63) is 115 Å². The molecule has 0 aromatic heterocycles. The molecule has 0 aliphatic rings. The number of carbonyl (C=O) groups excluding carboxylic acids is 1. The number of benzene rings is 4. The van der Waals surface area contributed by atoms with Crippen LogP contribution < -0.4 is 20.1 Å². The van der Waals surface area contributed by atoms with E-state index in [2.05, 4.69) is 10.6 Å². The Morgan fingerprint density at radius 3 is 2.00 bits per heavy atom. The molecule has 0 saturated carbocycles. The number of carbonyl (C=O) groups is 1. The molecule has 0 unspecified atom stereocenters. The summed E-state index contributed by atoms with van der Waals surface area (Å²) in [7, 11) is 0. The third-order valence-corrected chi connectivity index (χ3v) is 4.71. The minimum absolute atomic E-state index is 0.222. The van der Waals surface area contributed by atoms with Gasteiger partial charge in [-0.1, -0.05) is 60.7 Å². The van der Waals surface area contributed by atoms with Gasteiger partial charge in [-0.3, -0.25) is 4.79 Å². The highest BCUT2D eigenvalue weighted by molar-refractivity contribution is 6.09. The first-order valence-electron chi connectivity index (χ1n) is 10.4. The van der Waals surface area contributed by atoms with Crippen LogP contribution in [0.3, 0.4) is 0 Å². The fourth-order valence-corrected chi connectivity index (χ4v) is 3.18. The van der Waals surface area contributed by atoms with Crippen molar-refractivity contribution in [1.29, 1.82) is 0 Å². The Bertz CT molecular complexity index is 1150. The molecule has 0 saturated heterocycles. The molecule has 4 aromatic rings. The highest BCUT2D eigenvalue weighted by Crippen LogP contribution is 2.26. The van der Waals surface area contributed by atoms with Gasteiger partial charge in [-0.15, -0.1) is 0 Å². The van der Waals surface area contributed by atoms with Gasteiger partial charge in [0.1, 0.15) is 24.7 Å². The van der Waals surface area contributed by atoms with E-state index in [4.69, 9.17) is 9.47 Å². The molecule has 4 aromatic carbocycles. The van der Waals surface area contributed by atoms with Crippen LogP contribution in [-0.2, 0) is 0 Å². The normalized spacial score (nSPS) is 10.2. The first-order valence-corrected chi connectivity index (χ1v) is 10.4. The number of amides is 1. The van der Waals surface area contributed by atoms with Crippen LogP contribution in [0, 0.1) is 0 Å². The van der Waals surface area contributed by atoms with E-state index in [-0.39, 0.29) is 5.91 Å². The molecule has 0 spiro atoms. The van der Waals surface area contributed by atoms with Gasteiger partial charge in [0.25, 0.3) is 5.91 Å². The van der Waals surface area contributed by atoms with Crippen molar-refractivity contribution in [3.8, 4) is 11.5 Å². The summed E-state index contributed by atoms with van der Waals surface area (Å²) in [6.07, 6.45) is 0. The number of anilines is 3. The topological polar surface area (TPSA) is 59.6 Å². The van der Waals surface area contributed by atoms with Gasteiger partial charge in [0.05, 0.1) is 16.9 Å². The standard InChI is InChI=1S/C27H24N2O3/c30-27(23-15-7-8-16-24(23)28-21-11-3-1-4-12-21)29-25-17-9-10-18-26(25)32-20-19-31-22-13-5-2-6-14-22/h1-18,28H,19-20H2,(H,29,30). The average molecular weight is 425 g/mol. The molecule has 5 nitrogen and oxygen atoms in total. The van der Waals surface area contributed by atoms with Crippen LogP contribution in [0.1, 0.15) is 10.4 Å². The van der Waals surface area contributed by atoms with Crippen molar-refractivity contribution in [2.45, 2.75) is 0 Å². The maximum absolute atomic E-state index is 13.1. The van der Waals surface area contributed by atoms with Gasteiger partial charge in [0.2, 0.25) is 0 Å². The predicted octanol–water partition coefficient (Wildman–Crippen LogP) is 6.14. The molecule has 160 valence electrons. The van der Waals surface area contributed by atoms with Gasteiger partial charge >= 0.3 is 0 Å². The van der Waals surface area contributed by atoms with Crippen molar-refractivity contribution in [1.82, 2.24) is 0 Å². The van der Waals surface area contributed by atoms with Crippen LogP contribution in [0.4, 0.5) is 17.1 Å². The summed E-state index contributed by atoms with van der Waals surface area (Å²) in [6.45, 7) is 0.754. The minimum atomic E-state index is -0.222. The van der Waals surface area contributed by atoms with E-state index >= 15 is 0 Å². The molecule has 1 amide bonds. The van der Waals surface area contributed by atoms with Crippen molar-refractivity contribution in [2.75, 3.05) is 23.8 Å². The highest BCUT2D eigenvalue weighted by atomic mass is 16.5. The fraction of sp³-hybridized carbons (Fsp3) is 0.0741. The maximum atomic E-state index is 13.1. The molecule has 5 heteroatoms. The molecule has 32 heavy (non-hydrogen) atoms. The molecule has 0 aliphatic heterocycles. The van der Waals surface area contributed by atoms with Gasteiger partial charge < -0.3 is 20.1 Å². The Morgan fingerprint density at radius 2 is 1.22 bits per heavy atom. The largest absolute Gasteiger partial charge is 0.490 e. The Balaban J connectivity index is 1.41. The van der Waals surface area contributed by atoms with Crippen molar-refractivity contribution in [3.63, 3.8) is 0 Å². The summed E-state index contributed by atoms with van der Waals surface area (Å²) >= 11 is 0. The zero-order valence-electron chi connectivity index (χ0n) is 17.5. The number of para-hydroxylation sites is 5. The molecule has 0 atom stereocenters. The van der Waals surface area contributed by atoms with Gasteiger partial charge in [-0.05, 0) is 48.5 Å². The molecule has 2 N–H and O–H groups in total. The average Bonchev–Trinajstić information content (AvgIpc) is 2.84. The second-order valence-corrected chi connectivity index (χ2v) is 7.00. The third kappa shape index (κ3) is 5.67. The van der Waals surface area contributed by atoms with Crippen LogP contribution in [0.15, 0.2) is 109 Å². The van der Waals surface area contributed by atoms with Crippen LogP contribution >= 0.6 is 0 Å². The number of hydrogen-bond acceptors (Lipinski definition) is 4. The Kier molecular flexibility index (Phi) is 7.01. The summed E-state index contributed by atoms with van der Waals surface area (Å²) < 4.78 is 11.5. The second kappa shape index (κ2) is 10.7. The zero-order valence-corrected chi connectivity index (χ0v) is 17.5. The molecule has 4 rings (SSSR count). The molecular weight excluding hydrogens is 400 g/mol. The molecule has 0 radical (unpaired) electrons. The predicted molar refractivity (Wildman–Crippen MR) is 128 cm³/mol. The maximum Gasteiger partial charge on any atom is 0.257 e. The monoisotopic (exact) mass is 424 g/mol. The number of ether oxygens (including phenoxy) is 2. The summed E-state index contributed by atoms with van der Waals surface area (Å²) in [4.78, 5) is 13.1. The van der Waals surface area contributed by atoms with Crippen LogP contribution in [-0.4, -0.2) is 19.1 Å². The molecule has 0 aliphatic carbocycles. The Labute approximate surface area is 187 Å². The van der Waals surface area contributed by atoms with E-state index in [0.29, 0.717) is 30.2 Å². The van der Waals surface area contributed by atoms with Gasteiger partial charge in [0.15, 0.2) is 0 Å². The van der Waals surface area contributed by atoms with E-state index in [9.17, 15) is 4.79 Å². The van der Waals surface area contributed by atoms with E-state index in [0.717, 1.165) is 17.1 Å². The van der Waals surface area contributed by atoms with E-state index in [1.54, 1.807) is 6.07 Å². The summed E-state index contributed by atoms with van der Waals surface area (Å²) in [6, 6.07) is 34.1. The van der Waals surface area contributed by atoms with E-state index < -0.39 is 0 Å².